The molecule has 0 radical (unpaired) electrons. The highest BCUT2D eigenvalue weighted by atomic mass is 16.6. The van der Waals surface area contributed by atoms with Gasteiger partial charge in [0.15, 0.2) is 0 Å². The number of nitrogens with zero attached hydrogens (tertiary/aromatic N) is 5. The van der Waals surface area contributed by atoms with Crippen LogP contribution in [0.3, 0.4) is 0 Å². The molecule has 1 aromatic heterocycles. The Balaban J connectivity index is 0.858. The van der Waals surface area contributed by atoms with Gasteiger partial charge in [-0.15, -0.1) is 0 Å². The molecule has 244 valence electrons. The predicted octanol–water partition coefficient (Wildman–Crippen LogP) is 2.53. The van der Waals surface area contributed by atoms with Crippen LogP contribution >= 0.6 is 0 Å². The molecule has 0 saturated carbocycles. The molecule has 0 spiro atoms. The van der Waals surface area contributed by atoms with Crippen molar-refractivity contribution in [3.63, 3.8) is 0 Å². The van der Waals surface area contributed by atoms with Gasteiger partial charge in [-0.3, -0.25) is 33.8 Å². The van der Waals surface area contributed by atoms with Crippen LogP contribution in [-0.4, -0.2) is 105 Å². The lowest BCUT2D eigenvalue weighted by atomic mass is 10.0. The van der Waals surface area contributed by atoms with Crippen LogP contribution in [0.15, 0.2) is 23.0 Å². The van der Waals surface area contributed by atoms with Crippen molar-refractivity contribution in [2.24, 2.45) is 7.05 Å². The van der Waals surface area contributed by atoms with E-state index in [4.69, 9.17) is 9.47 Å². The van der Waals surface area contributed by atoms with Crippen LogP contribution in [0.1, 0.15) is 75.8 Å². The van der Waals surface area contributed by atoms with Gasteiger partial charge in [-0.2, -0.15) is 0 Å². The largest absolute Gasteiger partial charge is 0.448 e. The molecule has 5 aliphatic rings. The molecule has 5 fully saturated rings. The van der Waals surface area contributed by atoms with Crippen LogP contribution in [-0.2, 0) is 32.7 Å². The van der Waals surface area contributed by atoms with Crippen LogP contribution in [0.4, 0.5) is 4.79 Å². The Bertz CT molecular complexity index is 1490. The summed E-state index contributed by atoms with van der Waals surface area (Å²) in [5.41, 5.74) is 2.36. The minimum Gasteiger partial charge on any atom is -0.448 e. The maximum absolute atomic E-state index is 13.1. The zero-order chi connectivity index (χ0) is 31.1. The summed E-state index contributed by atoms with van der Waals surface area (Å²) in [6.07, 6.45) is 9.37. The molecule has 3 unspecified atom stereocenters. The number of benzene rings is 1. The third-order valence-electron chi connectivity index (χ3n) is 10.8. The molecule has 45 heavy (non-hydrogen) atoms. The number of hydrogen-bond donors (Lipinski definition) is 1. The van der Waals surface area contributed by atoms with Crippen molar-refractivity contribution >= 4 is 28.9 Å². The van der Waals surface area contributed by atoms with Gasteiger partial charge in [-0.25, -0.2) is 9.59 Å². The summed E-state index contributed by atoms with van der Waals surface area (Å²) >= 11 is 0. The maximum Gasteiger partial charge on any atom is 0.409 e. The molecule has 1 N–H and O–H groups in total. The molecule has 0 aliphatic carbocycles. The summed E-state index contributed by atoms with van der Waals surface area (Å²) in [6, 6.07) is 6.42. The van der Waals surface area contributed by atoms with Crippen molar-refractivity contribution in [1.29, 1.82) is 0 Å². The van der Waals surface area contributed by atoms with Gasteiger partial charge < -0.3 is 14.4 Å². The fourth-order valence-electron chi connectivity index (χ4n) is 8.28. The van der Waals surface area contributed by atoms with Crippen LogP contribution in [0.25, 0.3) is 11.0 Å². The van der Waals surface area contributed by atoms with Gasteiger partial charge in [0.1, 0.15) is 12.6 Å². The monoisotopic (exact) mass is 622 g/mol. The van der Waals surface area contributed by atoms with E-state index in [0.29, 0.717) is 43.7 Å². The van der Waals surface area contributed by atoms with Gasteiger partial charge in [0.2, 0.25) is 11.8 Å². The number of imide groups is 1. The number of likely N-dealkylation sites (tertiary alicyclic amines) is 2. The van der Waals surface area contributed by atoms with Gasteiger partial charge in [-0.1, -0.05) is 6.07 Å². The normalized spacial score (nSPS) is 27.3. The number of carbonyl (C=O) groups excluding carboxylic acids is 3. The predicted molar refractivity (Wildman–Crippen MR) is 167 cm³/mol. The van der Waals surface area contributed by atoms with Crippen molar-refractivity contribution in [1.82, 2.24) is 29.2 Å². The number of rotatable bonds is 7. The second-order valence-corrected chi connectivity index (χ2v) is 13.6. The number of amides is 3. The van der Waals surface area contributed by atoms with Crippen LogP contribution in [0.2, 0.25) is 0 Å². The number of nitrogens with one attached hydrogen (secondary N) is 1. The summed E-state index contributed by atoms with van der Waals surface area (Å²) in [5, 5.41) is 2.36. The number of aromatic nitrogens is 2. The Kier molecular flexibility index (Phi) is 8.71. The molecule has 0 bridgehead atoms. The number of hydrogen-bond acceptors (Lipinski definition) is 8. The molecule has 2 aromatic rings. The topological polar surface area (TPSA) is 118 Å². The van der Waals surface area contributed by atoms with Gasteiger partial charge in [0.05, 0.1) is 23.2 Å². The Labute approximate surface area is 263 Å². The van der Waals surface area contributed by atoms with E-state index >= 15 is 0 Å². The molecule has 7 rings (SSSR count). The lowest BCUT2D eigenvalue weighted by Gasteiger charge is -2.37. The first-order chi connectivity index (χ1) is 21.8. The third kappa shape index (κ3) is 6.29. The average Bonchev–Trinajstić information content (AvgIpc) is 3.73. The lowest BCUT2D eigenvalue weighted by molar-refractivity contribution is -0.135. The molecular weight excluding hydrogens is 576 g/mol. The molecule has 1 aromatic carbocycles. The average molecular weight is 623 g/mol. The summed E-state index contributed by atoms with van der Waals surface area (Å²) in [7, 11) is 1.73. The first kappa shape index (κ1) is 30.4. The van der Waals surface area contributed by atoms with Crippen LogP contribution in [0.5, 0.6) is 0 Å². The van der Waals surface area contributed by atoms with E-state index in [9.17, 15) is 19.2 Å². The smallest absolute Gasteiger partial charge is 0.409 e. The van der Waals surface area contributed by atoms with Crippen molar-refractivity contribution in [3.05, 3.63) is 34.2 Å². The highest BCUT2D eigenvalue weighted by Gasteiger charge is 2.37. The number of carbonyl (C=O) groups is 3. The van der Waals surface area contributed by atoms with Crippen molar-refractivity contribution in [2.75, 3.05) is 39.3 Å². The SMILES string of the molecule is Cn1c(=O)n(C2CCC(=O)NC2=O)c2ccc(CN3CCC(OC4CCN(C(=O)OCC5CCC6CCCN65)CC4)CC3)cc21. The summed E-state index contributed by atoms with van der Waals surface area (Å²) in [5.74, 6) is -0.712. The quantitative estimate of drug-likeness (QED) is 0.469. The van der Waals surface area contributed by atoms with Gasteiger partial charge >= 0.3 is 11.8 Å². The Morgan fingerprint density at radius 2 is 1.64 bits per heavy atom. The number of fused-ring (bicyclic) bond motifs is 2. The number of imidazole rings is 1. The second-order valence-electron chi connectivity index (χ2n) is 13.6. The number of aryl methyl sites for hydroxylation is 1. The van der Waals surface area contributed by atoms with Crippen molar-refractivity contribution in [2.45, 2.75) is 101 Å². The van der Waals surface area contributed by atoms with Crippen LogP contribution < -0.4 is 11.0 Å². The molecule has 5 saturated heterocycles. The van der Waals surface area contributed by atoms with E-state index in [1.54, 1.807) is 11.6 Å². The lowest BCUT2D eigenvalue weighted by Crippen LogP contribution is -2.44. The molecule has 3 atom stereocenters. The van der Waals surface area contributed by atoms with E-state index in [-0.39, 0.29) is 36.3 Å². The molecule has 5 aliphatic heterocycles. The Hall–Kier alpha value is -3.22. The molecule has 12 nitrogen and oxygen atoms in total. The summed E-state index contributed by atoms with van der Waals surface area (Å²) < 4.78 is 15.4. The zero-order valence-electron chi connectivity index (χ0n) is 26.3. The summed E-state index contributed by atoms with van der Waals surface area (Å²) in [4.78, 5) is 56.7. The fourth-order valence-corrected chi connectivity index (χ4v) is 8.28. The fraction of sp³-hybridized carbons (Fsp3) is 0.697. The first-order valence-corrected chi connectivity index (χ1v) is 16.9. The van der Waals surface area contributed by atoms with Crippen molar-refractivity contribution < 1.29 is 23.9 Å². The van der Waals surface area contributed by atoms with Crippen LogP contribution in [0, 0.1) is 0 Å². The number of ether oxygens (including phenoxy) is 2. The van der Waals surface area contributed by atoms with E-state index in [0.717, 1.165) is 69.4 Å². The first-order valence-electron chi connectivity index (χ1n) is 16.9. The minimum atomic E-state index is -0.676. The van der Waals surface area contributed by atoms with Gasteiger partial charge in [0, 0.05) is 58.3 Å². The third-order valence-corrected chi connectivity index (χ3v) is 10.8. The maximum atomic E-state index is 13.1. The molecule has 3 amide bonds. The molecule has 6 heterocycles. The van der Waals surface area contributed by atoms with Gasteiger partial charge in [0.25, 0.3) is 0 Å². The van der Waals surface area contributed by atoms with Crippen molar-refractivity contribution in [3.8, 4) is 0 Å². The highest BCUT2D eigenvalue weighted by Crippen LogP contribution is 2.33. The second kappa shape index (κ2) is 12.9. The van der Waals surface area contributed by atoms with Gasteiger partial charge in [-0.05, 0) is 82.0 Å². The van der Waals surface area contributed by atoms with E-state index in [1.807, 2.05) is 23.1 Å². The van der Waals surface area contributed by atoms with E-state index < -0.39 is 11.9 Å². The Morgan fingerprint density at radius 3 is 2.40 bits per heavy atom. The highest BCUT2D eigenvalue weighted by molar-refractivity contribution is 6.00. The minimum absolute atomic E-state index is 0.171. The number of piperidine rings is 3. The van der Waals surface area contributed by atoms with E-state index in [1.165, 1.54) is 23.8 Å². The molecular formula is C33H46N6O6. The standard InChI is InChI=1S/C33H46N6O6/c1-35-29-19-22(4-7-27(29)39(32(35)42)28-8-9-30(40)34-31(28)41)20-36-15-10-25(11-16-36)45-26-12-17-37(18-13-26)33(43)44-21-24-6-5-23-3-2-14-38(23)24/h4,7,19,23-26,28H,2-3,5-6,8-18,20-21H2,1H3,(H,34,40,41). The molecule has 12 heteroatoms. The zero-order valence-corrected chi connectivity index (χ0v) is 26.3. The summed E-state index contributed by atoms with van der Waals surface area (Å²) in [6.45, 7) is 5.69. The Morgan fingerprint density at radius 1 is 0.889 bits per heavy atom. The van der Waals surface area contributed by atoms with E-state index in [2.05, 4.69) is 15.1 Å².